The molecule has 2 rings (SSSR count). The fourth-order valence-corrected chi connectivity index (χ4v) is 2.08. The van der Waals surface area contributed by atoms with Crippen molar-refractivity contribution in [3.05, 3.63) is 52.2 Å². The second kappa shape index (κ2) is 6.80. The molecule has 0 spiro atoms. The van der Waals surface area contributed by atoms with Crippen molar-refractivity contribution in [3.8, 4) is 11.8 Å². The summed E-state index contributed by atoms with van der Waals surface area (Å²) in [4.78, 5) is 1.21. The molecule has 1 aromatic heterocycles. The predicted octanol–water partition coefficient (Wildman–Crippen LogP) is 3.22. The molecule has 1 heterocycles. The van der Waals surface area contributed by atoms with E-state index in [0.29, 0.717) is 31.1 Å². The molecule has 1 aromatic carbocycles. The zero-order valence-corrected chi connectivity index (χ0v) is 10.7. The number of nitrogens with zero attached hydrogens (tertiary/aromatic N) is 1. The number of rotatable bonds is 6. The van der Waals surface area contributed by atoms with Gasteiger partial charge in [-0.25, -0.2) is 0 Å². The van der Waals surface area contributed by atoms with Crippen LogP contribution in [0.25, 0.3) is 0 Å². The second-order valence-electron chi connectivity index (χ2n) is 3.62. The Morgan fingerprint density at radius 2 is 2.11 bits per heavy atom. The van der Waals surface area contributed by atoms with Crippen molar-refractivity contribution in [2.75, 3.05) is 13.2 Å². The van der Waals surface area contributed by atoms with E-state index in [0.717, 1.165) is 0 Å². The smallest absolute Gasteiger partial charge is 0.120 e. The lowest BCUT2D eigenvalue weighted by molar-refractivity contribution is 0.0905. The minimum Gasteiger partial charge on any atom is -0.491 e. The van der Waals surface area contributed by atoms with Crippen molar-refractivity contribution < 1.29 is 9.47 Å². The van der Waals surface area contributed by atoms with E-state index < -0.39 is 0 Å². The first-order valence-corrected chi connectivity index (χ1v) is 6.49. The van der Waals surface area contributed by atoms with Crippen LogP contribution >= 0.6 is 11.3 Å². The number of thiophene rings is 1. The molecule has 2 aromatic rings. The summed E-state index contributed by atoms with van der Waals surface area (Å²) in [7, 11) is 0. The summed E-state index contributed by atoms with van der Waals surface area (Å²) < 4.78 is 11.0. The summed E-state index contributed by atoms with van der Waals surface area (Å²) in [6.07, 6.45) is 0. The summed E-state index contributed by atoms with van der Waals surface area (Å²) in [5.74, 6) is 0.703. The van der Waals surface area contributed by atoms with Crippen molar-refractivity contribution in [3.63, 3.8) is 0 Å². The van der Waals surface area contributed by atoms with Gasteiger partial charge in [0.25, 0.3) is 0 Å². The first-order valence-electron chi connectivity index (χ1n) is 5.61. The lowest BCUT2D eigenvalue weighted by Gasteiger charge is -2.06. The molecule has 18 heavy (non-hydrogen) atoms. The van der Waals surface area contributed by atoms with Gasteiger partial charge in [0.05, 0.1) is 24.8 Å². The third kappa shape index (κ3) is 3.88. The van der Waals surface area contributed by atoms with E-state index in [9.17, 15) is 0 Å². The normalized spacial score (nSPS) is 9.94. The molecule has 0 aliphatic rings. The van der Waals surface area contributed by atoms with Gasteiger partial charge in [-0.15, -0.1) is 11.3 Å². The molecule has 0 fully saturated rings. The number of benzene rings is 1. The van der Waals surface area contributed by atoms with E-state index in [1.165, 1.54) is 4.88 Å². The molecule has 92 valence electrons. The Balaban J connectivity index is 1.67. The largest absolute Gasteiger partial charge is 0.491 e. The van der Waals surface area contributed by atoms with Crippen LogP contribution in [-0.4, -0.2) is 13.2 Å². The topological polar surface area (TPSA) is 42.2 Å². The molecular weight excluding hydrogens is 246 g/mol. The zero-order chi connectivity index (χ0) is 12.6. The average molecular weight is 259 g/mol. The number of nitriles is 1. The molecule has 0 aliphatic carbocycles. The van der Waals surface area contributed by atoms with E-state index in [4.69, 9.17) is 14.7 Å². The maximum Gasteiger partial charge on any atom is 0.120 e. The van der Waals surface area contributed by atoms with Gasteiger partial charge in [-0.05, 0) is 29.6 Å². The van der Waals surface area contributed by atoms with Gasteiger partial charge in [-0.1, -0.05) is 12.1 Å². The molecule has 0 bridgehead atoms. The van der Waals surface area contributed by atoms with Gasteiger partial charge < -0.3 is 9.47 Å². The van der Waals surface area contributed by atoms with Gasteiger partial charge in [0.2, 0.25) is 0 Å². The van der Waals surface area contributed by atoms with Crippen LogP contribution in [-0.2, 0) is 11.3 Å². The van der Waals surface area contributed by atoms with Gasteiger partial charge in [0.15, 0.2) is 0 Å². The highest BCUT2D eigenvalue weighted by molar-refractivity contribution is 7.09. The second-order valence-corrected chi connectivity index (χ2v) is 4.65. The minimum atomic E-state index is 0.486. The third-order valence-electron chi connectivity index (χ3n) is 2.28. The van der Waals surface area contributed by atoms with Crippen LogP contribution in [0.15, 0.2) is 41.8 Å². The number of hydrogen-bond acceptors (Lipinski definition) is 4. The zero-order valence-electron chi connectivity index (χ0n) is 9.83. The maximum absolute atomic E-state index is 8.75. The van der Waals surface area contributed by atoms with E-state index >= 15 is 0 Å². The van der Waals surface area contributed by atoms with Gasteiger partial charge in [-0.3, -0.25) is 0 Å². The Morgan fingerprint density at radius 3 is 2.89 bits per heavy atom. The third-order valence-corrected chi connectivity index (χ3v) is 3.13. The molecule has 0 saturated heterocycles. The molecule has 0 aliphatic heterocycles. The van der Waals surface area contributed by atoms with Gasteiger partial charge in [-0.2, -0.15) is 5.26 Å². The Labute approximate surface area is 110 Å². The molecule has 0 unspecified atom stereocenters. The summed E-state index contributed by atoms with van der Waals surface area (Å²) >= 11 is 1.68. The molecule has 3 nitrogen and oxygen atoms in total. The lowest BCUT2D eigenvalue weighted by atomic mass is 10.2. The molecule has 0 atom stereocenters. The molecule has 4 heteroatoms. The Kier molecular flexibility index (Phi) is 4.77. The lowest BCUT2D eigenvalue weighted by Crippen LogP contribution is -2.06. The highest BCUT2D eigenvalue weighted by atomic mass is 32.1. The van der Waals surface area contributed by atoms with Crippen LogP contribution in [0, 0.1) is 11.3 Å². The average Bonchev–Trinajstić information content (AvgIpc) is 2.92. The predicted molar refractivity (Wildman–Crippen MR) is 70.6 cm³/mol. The number of hydrogen-bond donors (Lipinski definition) is 0. The van der Waals surface area contributed by atoms with Crippen LogP contribution in [0.3, 0.4) is 0 Å². The minimum absolute atomic E-state index is 0.486. The van der Waals surface area contributed by atoms with Crippen molar-refractivity contribution in [1.82, 2.24) is 0 Å². The van der Waals surface area contributed by atoms with Crippen molar-refractivity contribution in [2.24, 2.45) is 0 Å². The van der Waals surface area contributed by atoms with Crippen LogP contribution in [0.1, 0.15) is 10.4 Å². The first-order chi connectivity index (χ1) is 8.88. The van der Waals surface area contributed by atoms with Crippen LogP contribution in [0.5, 0.6) is 5.75 Å². The standard InChI is InChI=1S/C14H13NO2S/c15-10-12-3-1-4-13(9-12)17-7-6-16-11-14-5-2-8-18-14/h1-5,8-9H,6-7,11H2. The Morgan fingerprint density at radius 1 is 1.17 bits per heavy atom. The molecule has 0 radical (unpaired) electrons. The van der Waals surface area contributed by atoms with Gasteiger partial charge in [0.1, 0.15) is 12.4 Å². The SMILES string of the molecule is N#Cc1cccc(OCCOCc2cccs2)c1. The molecule has 0 amide bonds. The summed E-state index contributed by atoms with van der Waals surface area (Å²) in [5.41, 5.74) is 0.604. The fraction of sp³-hybridized carbons (Fsp3) is 0.214. The maximum atomic E-state index is 8.75. The Bertz CT molecular complexity index is 517. The molecule has 0 N–H and O–H groups in total. The van der Waals surface area contributed by atoms with Crippen molar-refractivity contribution in [2.45, 2.75) is 6.61 Å². The summed E-state index contributed by atoms with van der Waals surface area (Å²) in [5, 5.41) is 10.8. The molecule has 0 saturated carbocycles. The fourth-order valence-electron chi connectivity index (χ4n) is 1.44. The van der Waals surface area contributed by atoms with Gasteiger partial charge >= 0.3 is 0 Å². The van der Waals surface area contributed by atoms with Crippen molar-refractivity contribution >= 4 is 11.3 Å². The summed E-state index contributed by atoms with van der Waals surface area (Å²) in [6, 6.07) is 13.2. The van der Waals surface area contributed by atoms with Crippen LogP contribution < -0.4 is 4.74 Å². The quantitative estimate of drug-likeness (QED) is 0.748. The monoisotopic (exact) mass is 259 g/mol. The van der Waals surface area contributed by atoms with E-state index in [-0.39, 0.29) is 0 Å². The van der Waals surface area contributed by atoms with Crippen LogP contribution in [0.2, 0.25) is 0 Å². The van der Waals surface area contributed by atoms with E-state index in [1.54, 1.807) is 29.5 Å². The molecular formula is C14H13NO2S. The van der Waals surface area contributed by atoms with Crippen molar-refractivity contribution in [1.29, 1.82) is 5.26 Å². The first kappa shape index (κ1) is 12.6. The number of ether oxygens (including phenoxy) is 2. The van der Waals surface area contributed by atoms with E-state index in [1.807, 2.05) is 23.6 Å². The Hall–Kier alpha value is -1.83. The van der Waals surface area contributed by atoms with Crippen LogP contribution in [0.4, 0.5) is 0 Å². The highest BCUT2D eigenvalue weighted by Gasteiger charge is 1.97. The van der Waals surface area contributed by atoms with E-state index in [2.05, 4.69) is 6.07 Å². The highest BCUT2D eigenvalue weighted by Crippen LogP contribution is 2.12. The summed E-state index contributed by atoms with van der Waals surface area (Å²) in [6.45, 7) is 1.65. The van der Waals surface area contributed by atoms with Gasteiger partial charge in [0, 0.05) is 4.88 Å².